The van der Waals surface area contributed by atoms with Crippen LogP contribution < -0.4 is 10.1 Å². The second kappa shape index (κ2) is 7.84. The summed E-state index contributed by atoms with van der Waals surface area (Å²) >= 11 is 9.59. The number of halogens is 2. The number of anilines is 1. The number of hydrogen-bond acceptors (Lipinski definition) is 2. The van der Waals surface area contributed by atoms with Gasteiger partial charge in [-0.15, -0.1) is 0 Å². The van der Waals surface area contributed by atoms with E-state index in [2.05, 4.69) is 28.2 Å². The van der Waals surface area contributed by atoms with Crippen LogP contribution in [0.4, 0.5) is 5.69 Å². The first-order chi connectivity index (χ1) is 10.9. The molecule has 2 aromatic rings. The van der Waals surface area contributed by atoms with Crippen LogP contribution in [-0.2, 0) is 11.2 Å². The Bertz CT molecular complexity index is 708. The van der Waals surface area contributed by atoms with Crippen molar-refractivity contribution in [2.24, 2.45) is 0 Å². The third kappa shape index (κ3) is 4.72. The van der Waals surface area contributed by atoms with Gasteiger partial charge in [-0.25, -0.2) is 0 Å². The molecule has 2 rings (SSSR count). The maximum absolute atomic E-state index is 12.0. The van der Waals surface area contributed by atoms with Gasteiger partial charge < -0.3 is 10.1 Å². The summed E-state index contributed by atoms with van der Waals surface area (Å²) in [4.78, 5) is 12.0. The van der Waals surface area contributed by atoms with Crippen LogP contribution in [0.25, 0.3) is 0 Å². The van der Waals surface area contributed by atoms with Gasteiger partial charge in [-0.2, -0.15) is 0 Å². The van der Waals surface area contributed by atoms with Gasteiger partial charge >= 0.3 is 0 Å². The number of amides is 1. The molecule has 0 saturated heterocycles. The number of hydrogen-bond donors (Lipinski definition) is 1. The summed E-state index contributed by atoms with van der Waals surface area (Å²) < 4.78 is 6.42. The minimum Gasteiger partial charge on any atom is -0.484 e. The molecule has 2 aromatic carbocycles. The van der Waals surface area contributed by atoms with Gasteiger partial charge in [-0.1, -0.05) is 24.6 Å². The van der Waals surface area contributed by atoms with Crippen LogP contribution in [0, 0.1) is 13.8 Å². The van der Waals surface area contributed by atoms with Crippen LogP contribution in [-0.4, -0.2) is 12.5 Å². The highest BCUT2D eigenvalue weighted by atomic mass is 79.9. The standard InChI is InChI=1S/C18H19BrClNO2/c1-4-13-5-6-16(15(19)9-13)21-17(22)10-23-14-7-11(2)18(20)12(3)8-14/h5-9H,4,10H2,1-3H3,(H,21,22). The number of nitrogens with one attached hydrogen (secondary N) is 1. The summed E-state index contributed by atoms with van der Waals surface area (Å²) in [6.07, 6.45) is 0.950. The second-order valence-corrected chi connectivity index (χ2v) is 6.61. The first-order valence-corrected chi connectivity index (χ1v) is 8.55. The van der Waals surface area contributed by atoms with Gasteiger partial charge in [0.25, 0.3) is 5.91 Å². The Morgan fingerprint density at radius 3 is 2.43 bits per heavy atom. The predicted molar refractivity (Wildman–Crippen MR) is 98.6 cm³/mol. The van der Waals surface area contributed by atoms with Gasteiger partial charge in [-0.3, -0.25) is 4.79 Å². The van der Waals surface area contributed by atoms with E-state index in [9.17, 15) is 4.79 Å². The van der Waals surface area contributed by atoms with Crippen molar-refractivity contribution in [2.75, 3.05) is 11.9 Å². The van der Waals surface area contributed by atoms with Gasteiger partial charge in [0, 0.05) is 9.50 Å². The number of benzene rings is 2. The lowest BCUT2D eigenvalue weighted by molar-refractivity contribution is -0.118. The Hall–Kier alpha value is -1.52. The van der Waals surface area contributed by atoms with E-state index < -0.39 is 0 Å². The maximum Gasteiger partial charge on any atom is 0.262 e. The summed E-state index contributed by atoms with van der Waals surface area (Å²) in [6, 6.07) is 9.54. The highest BCUT2D eigenvalue weighted by Crippen LogP contribution is 2.26. The Morgan fingerprint density at radius 1 is 1.22 bits per heavy atom. The SMILES string of the molecule is CCc1ccc(NC(=O)COc2cc(C)c(Cl)c(C)c2)c(Br)c1. The molecule has 1 amide bonds. The van der Waals surface area contributed by atoms with Crippen LogP contribution in [0.2, 0.25) is 5.02 Å². The minimum absolute atomic E-state index is 0.0531. The molecule has 0 unspecified atom stereocenters. The highest BCUT2D eigenvalue weighted by molar-refractivity contribution is 9.10. The van der Waals surface area contributed by atoms with Crippen molar-refractivity contribution < 1.29 is 9.53 Å². The van der Waals surface area contributed by atoms with E-state index in [0.717, 1.165) is 32.7 Å². The van der Waals surface area contributed by atoms with Crippen LogP contribution in [0.1, 0.15) is 23.6 Å². The van der Waals surface area contributed by atoms with Crippen LogP contribution in [0.5, 0.6) is 5.75 Å². The number of aryl methyl sites for hydroxylation is 3. The fraction of sp³-hybridized carbons (Fsp3) is 0.278. The van der Waals surface area contributed by atoms with Gasteiger partial charge in [0.05, 0.1) is 5.69 Å². The molecule has 0 radical (unpaired) electrons. The second-order valence-electron chi connectivity index (χ2n) is 5.38. The molecule has 0 atom stereocenters. The van der Waals surface area contributed by atoms with E-state index in [4.69, 9.17) is 16.3 Å². The van der Waals surface area contributed by atoms with Crippen molar-refractivity contribution in [1.82, 2.24) is 0 Å². The normalized spacial score (nSPS) is 10.5. The van der Waals surface area contributed by atoms with E-state index in [1.807, 2.05) is 44.2 Å². The zero-order chi connectivity index (χ0) is 17.0. The summed E-state index contributed by atoms with van der Waals surface area (Å²) in [7, 11) is 0. The topological polar surface area (TPSA) is 38.3 Å². The van der Waals surface area contributed by atoms with E-state index in [1.165, 1.54) is 5.56 Å². The Labute approximate surface area is 150 Å². The molecule has 0 bridgehead atoms. The van der Waals surface area contributed by atoms with Crippen molar-refractivity contribution in [2.45, 2.75) is 27.2 Å². The van der Waals surface area contributed by atoms with Gasteiger partial charge in [0.2, 0.25) is 0 Å². The molecular formula is C18H19BrClNO2. The van der Waals surface area contributed by atoms with Gasteiger partial charge in [0.15, 0.2) is 6.61 Å². The molecule has 0 fully saturated rings. The molecule has 3 nitrogen and oxygen atoms in total. The monoisotopic (exact) mass is 395 g/mol. The summed E-state index contributed by atoms with van der Waals surface area (Å²) in [6.45, 7) is 5.86. The molecule has 0 aliphatic rings. The van der Waals surface area contributed by atoms with Crippen molar-refractivity contribution >= 4 is 39.1 Å². The van der Waals surface area contributed by atoms with Gasteiger partial charge in [0.1, 0.15) is 5.75 Å². The molecule has 5 heteroatoms. The average molecular weight is 397 g/mol. The van der Waals surface area contributed by atoms with Crippen LogP contribution >= 0.6 is 27.5 Å². The highest BCUT2D eigenvalue weighted by Gasteiger charge is 2.09. The van der Waals surface area contributed by atoms with Crippen molar-refractivity contribution in [3.8, 4) is 5.75 Å². The first-order valence-electron chi connectivity index (χ1n) is 7.38. The number of carbonyl (C=O) groups excluding carboxylic acids is 1. The van der Waals surface area contributed by atoms with Crippen LogP contribution in [0.15, 0.2) is 34.8 Å². The molecule has 1 N–H and O–H groups in total. The Kier molecular flexibility index (Phi) is 6.08. The maximum atomic E-state index is 12.0. The summed E-state index contributed by atoms with van der Waals surface area (Å²) in [5.74, 6) is 0.431. The van der Waals surface area contributed by atoms with Crippen LogP contribution in [0.3, 0.4) is 0 Å². The van der Waals surface area contributed by atoms with Gasteiger partial charge in [-0.05, 0) is 77.2 Å². The molecule has 0 saturated carbocycles. The minimum atomic E-state index is -0.208. The quantitative estimate of drug-likeness (QED) is 0.745. The lowest BCUT2D eigenvalue weighted by Gasteiger charge is -2.11. The van der Waals surface area contributed by atoms with Crippen molar-refractivity contribution in [1.29, 1.82) is 0 Å². The van der Waals surface area contributed by atoms with E-state index in [1.54, 1.807) is 0 Å². The Morgan fingerprint density at radius 2 is 1.87 bits per heavy atom. The molecule has 0 heterocycles. The fourth-order valence-corrected chi connectivity index (χ4v) is 2.84. The smallest absolute Gasteiger partial charge is 0.262 e. The zero-order valence-electron chi connectivity index (χ0n) is 13.4. The predicted octanol–water partition coefficient (Wildman–Crippen LogP) is 5.30. The van der Waals surface area contributed by atoms with E-state index in [-0.39, 0.29) is 12.5 Å². The third-order valence-electron chi connectivity index (χ3n) is 3.50. The molecular weight excluding hydrogens is 378 g/mol. The number of rotatable bonds is 5. The van der Waals surface area contributed by atoms with Crippen molar-refractivity contribution in [3.63, 3.8) is 0 Å². The molecule has 0 spiro atoms. The zero-order valence-corrected chi connectivity index (χ0v) is 15.7. The van der Waals surface area contributed by atoms with E-state index >= 15 is 0 Å². The lowest BCUT2D eigenvalue weighted by Crippen LogP contribution is -2.20. The third-order valence-corrected chi connectivity index (χ3v) is 4.75. The summed E-state index contributed by atoms with van der Waals surface area (Å²) in [5.41, 5.74) is 3.80. The fourth-order valence-electron chi connectivity index (χ4n) is 2.20. The number of carbonyl (C=O) groups is 1. The Balaban J connectivity index is 1.98. The summed E-state index contributed by atoms with van der Waals surface area (Å²) in [5, 5.41) is 3.56. The molecule has 122 valence electrons. The molecule has 23 heavy (non-hydrogen) atoms. The molecule has 0 aromatic heterocycles. The lowest BCUT2D eigenvalue weighted by atomic mass is 10.1. The first kappa shape index (κ1) is 17.8. The average Bonchev–Trinajstić information content (AvgIpc) is 2.52. The molecule has 0 aliphatic heterocycles. The van der Waals surface area contributed by atoms with Crippen molar-refractivity contribution in [3.05, 3.63) is 56.5 Å². The number of ether oxygens (including phenoxy) is 1. The molecule has 0 aliphatic carbocycles. The van der Waals surface area contributed by atoms with E-state index in [0.29, 0.717) is 5.75 Å². The largest absolute Gasteiger partial charge is 0.484 e.